The molecule has 0 aliphatic heterocycles. The van der Waals surface area contributed by atoms with E-state index in [0.29, 0.717) is 0 Å². The lowest BCUT2D eigenvalue weighted by atomic mass is 10.1. The Hall–Kier alpha value is -0.780. The highest BCUT2D eigenvalue weighted by atomic mass is 14.0. The standard InChI is InChI=1S/C11H16/c1-10-6-4-3-5-7-11(2)9-8-10/h4,6,8-9H,3,5,7H2,1-2H3/b6-4+,10-8-,11-9+. The van der Waals surface area contributed by atoms with E-state index in [0.717, 1.165) is 0 Å². The molecular weight excluding hydrogens is 132 g/mol. The molecule has 0 N–H and O–H groups in total. The number of allylic oxidation sites excluding steroid dienone is 6. The summed E-state index contributed by atoms with van der Waals surface area (Å²) in [6.45, 7) is 4.35. The van der Waals surface area contributed by atoms with Crippen molar-refractivity contribution < 1.29 is 0 Å². The van der Waals surface area contributed by atoms with Crippen molar-refractivity contribution in [2.75, 3.05) is 0 Å². The van der Waals surface area contributed by atoms with Gasteiger partial charge in [-0.15, -0.1) is 0 Å². The molecule has 1 aliphatic rings. The fourth-order valence-electron chi connectivity index (χ4n) is 1.18. The van der Waals surface area contributed by atoms with Gasteiger partial charge >= 0.3 is 0 Å². The molecule has 1 aliphatic carbocycles. The fraction of sp³-hybridized carbons (Fsp3) is 0.455. The molecule has 0 atom stereocenters. The van der Waals surface area contributed by atoms with Crippen LogP contribution < -0.4 is 0 Å². The maximum atomic E-state index is 2.26. The first-order valence-corrected chi connectivity index (χ1v) is 4.29. The number of hydrogen-bond acceptors (Lipinski definition) is 0. The molecule has 60 valence electrons. The van der Waals surface area contributed by atoms with Gasteiger partial charge in [-0.2, -0.15) is 0 Å². The van der Waals surface area contributed by atoms with Crippen LogP contribution in [-0.2, 0) is 0 Å². The SMILES string of the molecule is CC1=C/C=C(\C)CCC\C=C\1. The van der Waals surface area contributed by atoms with E-state index in [2.05, 4.69) is 38.2 Å². The van der Waals surface area contributed by atoms with Crippen molar-refractivity contribution >= 4 is 0 Å². The van der Waals surface area contributed by atoms with Gasteiger partial charge in [-0.3, -0.25) is 0 Å². The van der Waals surface area contributed by atoms with Crippen LogP contribution in [0.25, 0.3) is 0 Å². The van der Waals surface area contributed by atoms with E-state index in [1.54, 1.807) is 0 Å². The summed E-state index contributed by atoms with van der Waals surface area (Å²) in [4.78, 5) is 0. The second-order valence-electron chi connectivity index (χ2n) is 3.22. The maximum absolute atomic E-state index is 2.26. The van der Waals surface area contributed by atoms with Crippen molar-refractivity contribution in [3.8, 4) is 0 Å². The molecule has 0 heteroatoms. The number of rotatable bonds is 0. The highest BCUT2D eigenvalue weighted by Crippen LogP contribution is 2.11. The Balaban J connectivity index is 2.72. The normalized spacial score (nSPS) is 31.8. The van der Waals surface area contributed by atoms with E-state index < -0.39 is 0 Å². The Bertz CT molecular complexity index is 204. The minimum absolute atomic E-state index is 1.22. The zero-order valence-corrected chi connectivity index (χ0v) is 7.43. The zero-order valence-electron chi connectivity index (χ0n) is 7.43. The van der Waals surface area contributed by atoms with Crippen LogP contribution in [0.15, 0.2) is 35.5 Å². The maximum Gasteiger partial charge on any atom is -0.0317 e. The molecule has 0 aromatic carbocycles. The summed E-state index contributed by atoms with van der Waals surface area (Å²) in [5, 5.41) is 0. The van der Waals surface area contributed by atoms with Gasteiger partial charge in [-0.25, -0.2) is 0 Å². The largest absolute Gasteiger partial charge is 0.0843 e. The van der Waals surface area contributed by atoms with E-state index >= 15 is 0 Å². The molecule has 0 heterocycles. The third-order valence-corrected chi connectivity index (χ3v) is 1.95. The number of hydrogen-bond donors (Lipinski definition) is 0. The van der Waals surface area contributed by atoms with Crippen LogP contribution in [0, 0.1) is 0 Å². The van der Waals surface area contributed by atoms with Gasteiger partial charge in [-0.1, -0.05) is 35.5 Å². The summed E-state index contributed by atoms with van der Waals surface area (Å²) in [5.41, 5.74) is 2.85. The van der Waals surface area contributed by atoms with Crippen LogP contribution in [0.3, 0.4) is 0 Å². The minimum Gasteiger partial charge on any atom is -0.0843 e. The molecule has 0 unspecified atom stereocenters. The predicted molar refractivity (Wildman–Crippen MR) is 50.5 cm³/mol. The van der Waals surface area contributed by atoms with E-state index in [-0.39, 0.29) is 0 Å². The summed E-state index contributed by atoms with van der Waals surface area (Å²) < 4.78 is 0. The first-order valence-electron chi connectivity index (χ1n) is 4.29. The van der Waals surface area contributed by atoms with Gasteiger partial charge in [-0.05, 0) is 33.1 Å². The molecule has 0 amide bonds. The third kappa shape index (κ3) is 3.22. The molecule has 0 aromatic rings. The first kappa shape index (κ1) is 8.32. The molecule has 11 heavy (non-hydrogen) atoms. The Morgan fingerprint density at radius 3 is 2.82 bits per heavy atom. The molecule has 0 radical (unpaired) electrons. The van der Waals surface area contributed by atoms with Crippen LogP contribution in [0.1, 0.15) is 33.1 Å². The monoisotopic (exact) mass is 148 g/mol. The average Bonchev–Trinajstić information content (AvgIpc) is 2.06. The summed E-state index contributed by atoms with van der Waals surface area (Å²) >= 11 is 0. The molecular formula is C11H16. The second-order valence-corrected chi connectivity index (χ2v) is 3.22. The Labute approximate surface area is 69.3 Å². The van der Waals surface area contributed by atoms with Crippen LogP contribution in [0.2, 0.25) is 0 Å². The molecule has 0 spiro atoms. The van der Waals surface area contributed by atoms with Crippen molar-refractivity contribution in [1.82, 2.24) is 0 Å². The van der Waals surface area contributed by atoms with E-state index in [1.165, 1.54) is 30.4 Å². The smallest absolute Gasteiger partial charge is 0.0317 e. The van der Waals surface area contributed by atoms with Crippen LogP contribution in [0.5, 0.6) is 0 Å². The minimum atomic E-state index is 1.22. The zero-order chi connectivity index (χ0) is 8.10. The van der Waals surface area contributed by atoms with Gasteiger partial charge in [0.1, 0.15) is 0 Å². The average molecular weight is 148 g/mol. The molecule has 0 bridgehead atoms. The quantitative estimate of drug-likeness (QED) is 0.492. The Morgan fingerprint density at radius 2 is 2.00 bits per heavy atom. The predicted octanol–water partition coefficient (Wildman–Crippen LogP) is 3.62. The third-order valence-electron chi connectivity index (χ3n) is 1.95. The summed E-state index contributed by atoms with van der Waals surface area (Å²) in [5.74, 6) is 0. The lowest BCUT2D eigenvalue weighted by Crippen LogP contribution is -1.75. The van der Waals surface area contributed by atoms with Crippen molar-refractivity contribution in [3.63, 3.8) is 0 Å². The molecule has 0 nitrogen and oxygen atoms in total. The highest BCUT2D eigenvalue weighted by molar-refractivity contribution is 5.24. The molecule has 0 aromatic heterocycles. The lowest BCUT2D eigenvalue weighted by Gasteiger charge is -1.95. The molecule has 0 fully saturated rings. The van der Waals surface area contributed by atoms with Gasteiger partial charge in [0.15, 0.2) is 0 Å². The van der Waals surface area contributed by atoms with Crippen LogP contribution in [0.4, 0.5) is 0 Å². The summed E-state index contributed by atoms with van der Waals surface area (Å²) in [6, 6.07) is 0. The van der Waals surface area contributed by atoms with Crippen molar-refractivity contribution in [3.05, 3.63) is 35.5 Å². The van der Waals surface area contributed by atoms with Gasteiger partial charge < -0.3 is 0 Å². The molecule has 1 rings (SSSR count). The highest BCUT2D eigenvalue weighted by Gasteiger charge is 1.90. The van der Waals surface area contributed by atoms with Gasteiger partial charge in [0, 0.05) is 0 Å². The van der Waals surface area contributed by atoms with E-state index in [9.17, 15) is 0 Å². The van der Waals surface area contributed by atoms with E-state index in [4.69, 9.17) is 0 Å². The Kier molecular flexibility index (Phi) is 3.15. The van der Waals surface area contributed by atoms with Crippen molar-refractivity contribution in [2.24, 2.45) is 0 Å². The topological polar surface area (TPSA) is 0 Å². The fourth-order valence-corrected chi connectivity index (χ4v) is 1.18. The molecule has 0 saturated carbocycles. The Morgan fingerprint density at radius 1 is 1.18 bits per heavy atom. The van der Waals surface area contributed by atoms with E-state index in [1.807, 2.05) is 0 Å². The van der Waals surface area contributed by atoms with Gasteiger partial charge in [0.25, 0.3) is 0 Å². The molecule has 0 saturated heterocycles. The lowest BCUT2D eigenvalue weighted by molar-refractivity contribution is 0.833. The van der Waals surface area contributed by atoms with Crippen LogP contribution >= 0.6 is 0 Å². The van der Waals surface area contributed by atoms with Crippen LogP contribution in [-0.4, -0.2) is 0 Å². The second kappa shape index (κ2) is 4.17. The van der Waals surface area contributed by atoms with Crippen molar-refractivity contribution in [2.45, 2.75) is 33.1 Å². The van der Waals surface area contributed by atoms with Gasteiger partial charge in [0.05, 0.1) is 0 Å². The summed E-state index contributed by atoms with van der Waals surface area (Å²) in [7, 11) is 0. The summed E-state index contributed by atoms with van der Waals surface area (Å²) in [6.07, 6.45) is 12.6. The van der Waals surface area contributed by atoms with Gasteiger partial charge in [0.2, 0.25) is 0 Å². The first-order chi connectivity index (χ1) is 5.29. The van der Waals surface area contributed by atoms with Crippen molar-refractivity contribution in [1.29, 1.82) is 0 Å².